The molecule has 2 rings (SSSR count). The van der Waals surface area contributed by atoms with Crippen molar-refractivity contribution < 1.29 is 50.0 Å². The van der Waals surface area contributed by atoms with Crippen LogP contribution >= 0.6 is 0 Å². The maximum Gasteiger partial charge on any atom is -1.00 e. The van der Waals surface area contributed by atoms with Crippen molar-refractivity contribution in [2.24, 2.45) is 0 Å². The van der Waals surface area contributed by atoms with Gasteiger partial charge in [-0.05, 0) is 0 Å². The van der Waals surface area contributed by atoms with E-state index < -0.39 is 8.07 Å². The van der Waals surface area contributed by atoms with E-state index in [0.717, 1.165) is 5.75 Å². The average Bonchev–Trinajstić information content (AvgIpc) is 2.69. The molecule has 0 saturated carbocycles. The Hall–Kier alpha value is 0.0112. The van der Waals surface area contributed by atoms with Crippen molar-refractivity contribution in [3.8, 4) is 5.75 Å². The van der Waals surface area contributed by atoms with Gasteiger partial charge in [0.05, 0.1) is 0 Å². The topological polar surface area (TPSA) is 9.23 Å². The van der Waals surface area contributed by atoms with Crippen LogP contribution in [0, 0.1) is 6.92 Å². The number of benzene rings is 1. The molecule has 0 saturated heterocycles. The van der Waals surface area contributed by atoms with Crippen LogP contribution in [0.15, 0.2) is 32.7 Å². The molecular formula is C23H35Cl2OSiTi. The van der Waals surface area contributed by atoms with E-state index in [2.05, 4.69) is 101 Å². The maximum atomic E-state index is 6.08. The molecule has 0 aromatic heterocycles. The van der Waals surface area contributed by atoms with Crippen LogP contribution in [0.25, 0.3) is 0 Å². The quantitative estimate of drug-likeness (QED) is 0.568. The molecule has 1 aromatic rings. The van der Waals surface area contributed by atoms with Crippen LogP contribution < -0.4 is 34.7 Å². The van der Waals surface area contributed by atoms with Crippen molar-refractivity contribution in [3.63, 3.8) is 0 Å². The summed E-state index contributed by atoms with van der Waals surface area (Å²) < 4.78 is 7.62. The summed E-state index contributed by atoms with van der Waals surface area (Å²) in [6.45, 7) is 23.5. The van der Waals surface area contributed by atoms with Crippen molar-refractivity contribution in [1.29, 1.82) is 0 Å². The molecule has 0 fully saturated rings. The normalized spacial score (nSPS) is 20.2. The largest absolute Gasteiger partial charge is 1.00 e. The summed E-state index contributed by atoms with van der Waals surface area (Å²) in [5.41, 5.74) is 7.24. The number of hydrogen-bond donors (Lipinski definition) is 0. The van der Waals surface area contributed by atoms with Gasteiger partial charge in [-0.1, -0.05) is 0 Å². The Labute approximate surface area is 198 Å². The van der Waals surface area contributed by atoms with E-state index in [1.165, 1.54) is 27.5 Å². The van der Waals surface area contributed by atoms with Gasteiger partial charge in [0.2, 0.25) is 0 Å². The second-order valence-corrected chi connectivity index (χ2v) is 15.2. The van der Waals surface area contributed by atoms with Crippen LogP contribution in [0.2, 0.25) is 18.1 Å². The minimum Gasteiger partial charge on any atom is -1.00 e. The fourth-order valence-corrected chi connectivity index (χ4v) is 10.4. The Bertz CT molecular complexity index is 793. The zero-order valence-electron chi connectivity index (χ0n) is 19.3. The molecule has 0 spiro atoms. The molecule has 28 heavy (non-hydrogen) atoms. The number of methoxy groups -OCH3 is 1. The number of rotatable bonds is 3. The summed E-state index contributed by atoms with van der Waals surface area (Å²) in [4.78, 5) is 0. The molecule has 1 aliphatic rings. The fraction of sp³-hybridized carbons (Fsp3) is 0.565. The predicted molar refractivity (Wildman–Crippen MR) is 113 cm³/mol. The molecule has 1 atom stereocenters. The van der Waals surface area contributed by atoms with Crippen molar-refractivity contribution >= 4 is 13.3 Å². The molecule has 155 valence electrons. The Balaban J connectivity index is 0.00000364. The minimum atomic E-state index is -1.93. The molecule has 5 heteroatoms. The van der Waals surface area contributed by atoms with Gasteiger partial charge in [-0.25, -0.2) is 0 Å². The fourth-order valence-electron chi connectivity index (χ4n) is 4.47. The van der Waals surface area contributed by atoms with Crippen molar-refractivity contribution in [1.82, 2.24) is 0 Å². The van der Waals surface area contributed by atoms with Crippen LogP contribution in [0.3, 0.4) is 0 Å². The van der Waals surface area contributed by atoms with E-state index in [9.17, 15) is 0 Å². The van der Waals surface area contributed by atoms with Gasteiger partial charge < -0.3 is 24.8 Å². The molecular weight excluding hydrogens is 439 g/mol. The third-order valence-corrected chi connectivity index (χ3v) is 13.5. The van der Waals surface area contributed by atoms with Gasteiger partial charge >= 0.3 is 174 Å². The summed E-state index contributed by atoms with van der Waals surface area (Å²) >= 11 is 2.34. The first-order chi connectivity index (χ1) is 11.7. The first kappa shape index (κ1) is 28.0. The zero-order chi connectivity index (χ0) is 20.2. The molecule has 1 aromatic carbocycles. The SMILES string of the molecule is COc1c(C(C)(C)C)cc(C)cc1[Si](C)(C)C1(C)C(C)=C(C)C(C)=[C]1[Ti+2].[Cl-].[Cl-]. The minimum absolute atomic E-state index is 0. The van der Waals surface area contributed by atoms with Crippen molar-refractivity contribution in [2.45, 2.75) is 78.9 Å². The monoisotopic (exact) mass is 473 g/mol. The standard InChI is InChI=1S/C23H35OSi.2ClH.Ti/c1-15-12-19(22(5,6)7)21(24-9)20(13-15)25(10,11)23(8)14-16(2)17(3)18(23)4;;;/h12-13H,1-11H3;2*1H;/q;;;+2/p-2. The predicted octanol–water partition coefficient (Wildman–Crippen LogP) is 0.156. The van der Waals surface area contributed by atoms with E-state index in [4.69, 9.17) is 4.74 Å². The molecule has 0 aliphatic heterocycles. The van der Waals surface area contributed by atoms with Gasteiger partial charge in [0, 0.05) is 0 Å². The van der Waals surface area contributed by atoms with E-state index in [1.54, 1.807) is 9.45 Å². The van der Waals surface area contributed by atoms with E-state index in [0.29, 0.717) is 0 Å². The number of ether oxygens (including phenoxy) is 1. The third kappa shape index (κ3) is 4.10. The summed E-state index contributed by atoms with van der Waals surface area (Å²) in [5.74, 6) is 1.11. The number of allylic oxidation sites excluding steroid dienone is 4. The van der Waals surface area contributed by atoms with Gasteiger partial charge in [0.25, 0.3) is 0 Å². The Morgan fingerprint density at radius 3 is 1.82 bits per heavy atom. The summed E-state index contributed by atoms with van der Waals surface area (Å²) in [6.07, 6.45) is 0. The van der Waals surface area contributed by atoms with Crippen LogP contribution in [-0.2, 0) is 25.9 Å². The summed E-state index contributed by atoms with van der Waals surface area (Å²) in [5, 5.41) is 1.57. The number of hydrogen-bond acceptors (Lipinski definition) is 1. The Morgan fingerprint density at radius 2 is 1.46 bits per heavy atom. The third-order valence-electron chi connectivity index (χ3n) is 6.92. The molecule has 0 N–H and O–H groups in total. The van der Waals surface area contributed by atoms with Gasteiger partial charge in [-0.15, -0.1) is 0 Å². The summed E-state index contributed by atoms with van der Waals surface area (Å²) in [6, 6.07) is 4.71. The van der Waals surface area contributed by atoms with E-state index >= 15 is 0 Å². The maximum absolute atomic E-state index is 6.08. The molecule has 1 nitrogen and oxygen atoms in total. The Kier molecular flexibility index (Phi) is 9.02. The first-order valence-electron chi connectivity index (χ1n) is 9.52. The van der Waals surface area contributed by atoms with Crippen LogP contribution in [0.4, 0.5) is 0 Å². The van der Waals surface area contributed by atoms with E-state index in [1.807, 2.05) is 7.11 Å². The number of halogens is 2. The van der Waals surface area contributed by atoms with Gasteiger partial charge in [0.1, 0.15) is 0 Å². The molecule has 0 heterocycles. The Morgan fingerprint density at radius 1 is 0.964 bits per heavy atom. The van der Waals surface area contributed by atoms with Gasteiger partial charge in [-0.3, -0.25) is 0 Å². The van der Waals surface area contributed by atoms with Gasteiger partial charge in [0.15, 0.2) is 0 Å². The number of aryl methyl sites for hydroxylation is 1. The smallest absolute Gasteiger partial charge is 1.00 e. The molecule has 1 unspecified atom stereocenters. The van der Waals surface area contributed by atoms with Crippen molar-refractivity contribution in [2.75, 3.05) is 7.11 Å². The average molecular weight is 474 g/mol. The zero-order valence-corrected chi connectivity index (χ0v) is 23.4. The molecule has 1 aliphatic carbocycles. The molecule has 0 amide bonds. The van der Waals surface area contributed by atoms with Gasteiger partial charge in [-0.2, -0.15) is 0 Å². The second-order valence-electron chi connectivity index (χ2n) is 9.64. The van der Waals surface area contributed by atoms with Crippen LogP contribution in [0.1, 0.15) is 59.6 Å². The van der Waals surface area contributed by atoms with Crippen molar-refractivity contribution in [3.05, 3.63) is 43.9 Å². The van der Waals surface area contributed by atoms with Crippen LogP contribution in [0.5, 0.6) is 5.75 Å². The van der Waals surface area contributed by atoms with E-state index in [-0.39, 0.29) is 35.3 Å². The first-order valence-corrected chi connectivity index (χ1v) is 13.3. The molecule has 0 bridgehead atoms. The molecule has 0 radical (unpaired) electrons. The van der Waals surface area contributed by atoms with Crippen LogP contribution in [-0.4, -0.2) is 15.2 Å². The summed E-state index contributed by atoms with van der Waals surface area (Å²) in [7, 11) is -0.0882. The second kappa shape index (κ2) is 9.02.